The summed E-state index contributed by atoms with van der Waals surface area (Å²) in [5, 5.41) is 0. The minimum atomic E-state index is -4.31. The Hall–Kier alpha value is -0.580. The first-order chi connectivity index (χ1) is 7.35. The fourth-order valence-electron chi connectivity index (χ4n) is 1.46. The van der Waals surface area contributed by atoms with Gasteiger partial charge in [-0.25, -0.2) is 0 Å². The molecular formula is C11H19F3O2. The predicted molar refractivity (Wildman–Crippen MR) is 55.2 cm³/mol. The number of carbonyl (C=O) groups excluding carboxylic acids is 1. The van der Waals surface area contributed by atoms with Crippen LogP contribution < -0.4 is 0 Å². The fraction of sp³-hybridized carbons (Fsp3) is 0.909. The third kappa shape index (κ3) is 9.96. The van der Waals surface area contributed by atoms with E-state index in [4.69, 9.17) is 0 Å². The molecule has 96 valence electrons. The summed E-state index contributed by atoms with van der Waals surface area (Å²) in [6.45, 7) is 2.59. The van der Waals surface area contributed by atoms with Crippen molar-refractivity contribution in [2.45, 2.75) is 45.7 Å². The lowest BCUT2D eigenvalue weighted by atomic mass is 9.98. The highest BCUT2D eigenvalue weighted by Crippen LogP contribution is 2.15. The minimum Gasteiger partial charge on any atom is -0.372 e. The van der Waals surface area contributed by atoms with Crippen LogP contribution in [0.3, 0.4) is 0 Å². The van der Waals surface area contributed by atoms with Gasteiger partial charge in [-0.05, 0) is 5.92 Å². The van der Waals surface area contributed by atoms with Crippen molar-refractivity contribution in [2.24, 2.45) is 5.92 Å². The molecule has 0 saturated heterocycles. The molecule has 0 heterocycles. The molecule has 0 aromatic heterocycles. The van der Waals surface area contributed by atoms with E-state index in [-0.39, 0.29) is 18.8 Å². The Morgan fingerprint density at radius 3 is 2.50 bits per heavy atom. The summed E-state index contributed by atoms with van der Waals surface area (Å²) in [6, 6.07) is 0. The van der Waals surface area contributed by atoms with E-state index in [1.807, 2.05) is 13.8 Å². The smallest absolute Gasteiger partial charge is 0.372 e. The lowest BCUT2D eigenvalue weighted by molar-refractivity contribution is -0.174. The van der Waals surface area contributed by atoms with E-state index in [1.54, 1.807) is 0 Å². The second-order valence-electron chi connectivity index (χ2n) is 4.05. The number of ketones is 1. The number of rotatable bonds is 8. The van der Waals surface area contributed by atoms with E-state index in [2.05, 4.69) is 4.74 Å². The molecule has 1 unspecified atom stereocenters. The first-order valence-electron chi connectivity index (χ1n) is 5.51. The van der Waals surface area contributed by atoms with E-state index >= 15 is 0 Å². The molecular weight excluding hydrogens is 221 g/mol. The maximum Gasteiger partial charge on any atom is 0.411 e. The van der Waals surface area contributed by atoms with Gasteiger partial charge in [0.05, 0.1) is 6.61 Å². The van der Waals surface area contributed by atoms with Crippen molar-refractivity contribution in [1.29, 1.82) is 0 Å². The maximum atomic E-state index is 11.7. The average molecular weight is 240 g/mol. The number of Topliss-reactive ketones (excluding diaryl/α,β-unsaturated/α-hetero) is 1. The molecule has 0 aliphatic carbocycles. The second kappa shape index (κ2) is 7.65. The molecule has 0 bridgehead atoms. The van der Waals surface area contributed by atoms with Gasteiger partial charge in [-0.3, -0.25) is 4.79 Å². The van der Waals surface area contributed by atoms with Crippen molar-refractivity contribution in [2.75, 3.05) is 13.2 Å². The molecule has 0 rings (SSSR count). The molecule has 16 heavy (non-hydrogen) atoms. The zero-order valence-corrected chi connectivity index (χ0v) is 9.77. The van der Waals surface area contributed by atoms with Crippen molar-refractivity contribution < 1.29 is 22.7 Å². The molecule has 0 fully saturated rings. The van der Waals surface area contributed by atoms with E-state index < -0.39 is 12.8 Å². The molecule has 0 aliphatic rings. The number of carbonyl (C=O) groups is 1. The van der Waals surface area contributed by atoms with Crippen LogP contribution >= 0.6 is 0 Å². The zero-order chi connectivity index (χ0) is 12.6. The summed E-state index contributed by atoms with van der Waals surface area (Å²) in [5.41, 5.74) is 0. The zero-order valence-electron chi connectivity index (χ0n) is 9.77. The van der Waals surface area contributed by atoms with Gasteiger partial charge in [0.1, 0.15) is 12.4 Å². The number of hydrogen-bond acceptors (Lipinski definition) is 2. The molecule has 0 amide bonds. The van der Waals surface area contributed by atoms with Gasteiger partial charge in [0, 0.05) is 12.8 Å². The third-order valence-corrected chi connectivity index (χ3v) is 2.15. The monoisotopic (exact) mass is 240 g/mol. The lowest BCUT2D eigenvalue weighted by Gasteiger charge is -2.09. The van der Waals surface area contributed by atoms with Gasteiger partial charge in [-0.2, -0.15) is 13.2 Å². The number of alkyl halides is 3. The average Bonchev–Trinajstić information content (AvgIpc) is 2.11. The van der Waals surface area contributed by atoms with Crippen LogP contribution in [-0.2, 0) is 9.53 Å². The van der Waals surface area contributed by atoms with Gasteiger partial charge < -0.3 is 4.74 Å². The summed E-state index contributed by atoms with van der Waals surface area (Å²) < 4.78 is 39.4. The Kier molecular flexibility index (Phi) is 7.38. The fourth-order valence-corrected chi connectivity index (χ4v) is 1.46. The second-order valence-corrected chi connectivity index (χ2v) is 4.05. The molecule has 1 atom stereocenters. The Morgan fingerprint density at radius 1 is 1.38 bits per heavy atom. The first-order valence-corrected chi connectivity index (χ1v) is 5.51. The van der Waals surface area contributed by atoms with Crippen LogP contribution in [0, 0.1) is 5.92 Å². The quantitative estimate of drug-likeness (QED) is 0.608. The van der Waals surface area contributed by atoms with Gasteiger partial charge in [0.25, 0.3) is 0 Å². The van der Waals surface area contributed by atoms with E-state index in [9.17, 15) is 18.0 Å². The number of ether oxygens (including phenoxy) is 1. The van der Waals surface area contributed by atoms with Gasteiger partial charge in [-0.15, -0.1) is 0 Å². The molecule has 0 radical (unpaired) electrons. The lowest BCUT2D eigenvalue weighted by Crippen LogP contribution is -2.18. The SMILES string of the molecule is CCCC(C)CC(=O)CCOCC(F)(F)F. The Labute approximate surface area is 94.2 Å². The van der Waals surface area contributed by atoms with E-state index in [0.717, 1.165) is 12.8 Å². The molecule has 0 aromatic carbocycles. The highest BCUT2D eigenvalue weighted by molar-refractivity contribution is 5.78. The first kappa shape index (κ1) is 15.4. The molecule has 0 spiro atoms. The topological polar surface area (TPSA) is 26.3 Å². The molecule has 0 N–H and O–H groups in total. The van der Waals surface area contributed by atoms with Crippen molar-refractivity contribution >= 4 is 5.78 Å². The van der Waals surface area contributed by atoms with Crippen LogP contribution in [0.5, 0.6) is 0 Å². The van der Waals surface area contributed by atoms with Crippen LogP contribution in [0.15, 0.2) is 0 Å². The molecule has 0 saturated carbocycles. The van der Waals surface area contributed by atoms with E-state index in [0.29, 0.717) is 12.3 Å². The Bertz CT molecular complexity index is 202. The third-order valence-electron chi connectivity index (χ3n) is 2.15. The van der Waals surface area contributed by atoms with Crippen molar-refractivity contribution in [3.63, 3.8) is 0 Å². The number of hydrogen-bond donors (Lipinski definition) is 0. The normalized spacial score (nSPS) is 13.8. The summed E-state index contributed by atoms with van der Waals surface area (Å²) in [4.78, 5) is 11.3. The van der Waals surface area contributed by atoms with Gasteiger partial charge in [0.2, 0.25) is 0 Å². The van der Waals surface area contributed by atoms with Crippen LogP contribution in [0.25, 0.3) is 0 Å². The van der Waals surface area contributed by atoms with Crippen LogP contribution in [-0.4, -0.2) is 25.2 Å². The highest BCUT2D eigenvalue weighted by atomic mass is 19.4. The van der Waals surface area contributed by atoms with Gasteiger partial charge in [-0.1, -0.05) is 26.7 Å². The number of halogens is 3. The van der Waals surface area contributed by atoms with Crippen molar-refractivity contribution in [3.8, 4) is 0 Å². The van der Waals surface area contributed by atoms with Crippen LogP contribution in [0.1, 0.15) is 39.5 Å². The van der Waals surface area contributed by atoms with Gasteiger partial charge in [0.15, 0.2) is 0 Å². The Morgan fingerprint density at radius 2 is 2.00 bits per heavy atom. The van der Waals surface area contributed by atoms with E-state index in [1.165, 1.54) is 0 Å². The maximum absolute atomic E-state index is 11.7. The van der Waals surface area contributed by atoms with Crippen molar-refractivity contribution in [1.82, 2.24) is 0 Å². The summed E-state index contributed by atoms with van der Waals surface area (Å²) >= 11 is 0. The van der Waals surface area contributed by atoms with Crippen LogP contribution in [0.2, 0.25) is 0 Å². The molecule has 0 aliphatic heterocycles. The van der Waals surface area contributed by atoms with Crippen molar-refractivity contribution in [3.05, 3.63) is 0 Å². The highest BCUT2D eigenvalue weighted by Gasteiger charge is 2.27. The minimum absolute atomic E-state index is 0.0249. The largest absolute Gasteiger partial charge is 0.411 e. The summed E-state index contributed by atoms with van der Waals surface area (Å²) in [6.07, 6.45) is -1.82. The summed E-state index contributed by atoms with van der Waals surface area (Å²) in [7, 11) is 0. The summed E-state index contributed by atoms with van der Waals surface area (Å²) in [5.74, 6) is 0.281. The standard InChI is InChI=1S/C11H19F3O2/c1-3-4-9(2)7-10(15)5-6-16-8-11(12,13)14/h9H,3-8H2,1-2H3. The molecule has 0 aromatic rings. The Balaban J connectivity index is 3.51. The molecule has 2 nitrogen and oxygen atoms in total. The predicted octanol–water partition coefficient (Wildman–Crippen LogP) is 3.35. The molecule has 5 heteroatoms. The van der Waals surface area contributed by atoms with Crippen LogP contribution in [0.4, 0.5) is 13.2 Å². The van der Waals surface area contributed by atoms with Gasteiger partial charge >= 0.3 is 6.18 Å².